The zero-order valence-corrected chi connectivity index (χ0v) is 12.4. The van der Waals surface area contributed by atoms with Crippen LogP contribution in [0.2, 0.25) is 0 Å². The maximum atomic E-state index is 5.67. The van der Waals surface area contributed by atoms with Gasteiger partial charge in [0.25, 0.3) is 5.22 Å². The Morgan fingerprint density at radius 2 is 1.48 bits per heavy atom. The summed E-state index contributed by atoms with van der Waals surface area (Å²) < 4.78 is 5.67. The third-order valence-corrected chi connectivity index (χ3v) is 3.93. The topological polar surface area (TPSA) is 38.9 Å². The molecule has 21 heavy (non-hydrogen) atoms. The SMILES string of the molecule is c1ccc(CCSc2nnc(Cc3ccccc3)o2)cc1. The zero-order valence-electron chi connectivity index (χ0n) is 11.6. The molecule has 0 unspecified atom stereocenters. The third-order valence-electron chi connectivity index (χ3n) is 3.11. The summed E-state index contributed by atoms with van der Waals surface area (Å²) in [5, 5.41) is 8.84. The van der Waals surface area contributed by atoms with E-state index in [4.69, 9.17) is 4.42 Å². The van der Waals surface area contributed by atoms with Crippen molar-refractivity contribution < 1.29 is 4.42 Å². The fourth-order valence-corrected chi connectivity index (χ4v) is 2.81. The van der Waals surface area contributed by atoms with Crippen LogP contribution in [0.5, 0.6) is 0 Å². The van der Waals surface area contributed by atoms with E-state index in [0.29, 0.717) is 17.5 Å². The van der Waals surface area contributed by atoms with Crippen LogP contribution in [0, 0.1) is 0 Å². The summed E-state index contributed by atoms with van der Waals surface area (Å²) in [7, 11) is 0. The van der Waals surface area contributed by atoms with Crippen LogP contribution in [0.15, 0.2) is 70.3 Å². The van der Waals surface area contributed by atoms with Gasteiger partial charge in [0.1, 0.15) is 0 Å². The first-order valence-corrected chi connectivity index (χ1v) is 7.92. The second-order valence-electron chi connectivity index (χ2n) is 4.71. The first-order valence-electron chi connectivity index (χ1n) is 6.93. The van der Waals surface area contributed by atoms with Crippen LogP contribution in [0.1, 0.15) is 17.0 Å². The maximum absolute atomic E-state index is 5.67. The highest BCUT2D eigenvalue weighted by molar-refractivity contribution is 7.99. The van der Waals surface area contributed by atoms with Crippen molar-refractivity contribution in [2.45, 2.75) is 18.1 Å². The first-order chi connectivity index (χ1) is 10.4. The lowest BCUT2D eigenvalue weighted by Crippen LogP contribution is -1.87. The Morgan fingerprint density at radius 3 is 2.19 bits per heavy atom. The summed E-state index contributed by atoms with van der Waals surface area (Å²) in [6, 6.07) is 20.6. The van der Waals surface area contributed by atoms with Crippen molar-refractivity contribution in [3.63, 3.8) is 0 Å². The molecule has 3 nitrogen and oxygen atoms in total. The van der Waals surface area contributed by atoms with E-state index in [-0.39, 0.29) is 0 Å². The molecule has 1 heterocycles. The second kappa shape index (κ2) is 7.09. The third kappa shape index (κ3) is 4.20. The largest absolute Gasteiger partial charge is 0.416 e. The molecular weight excluding hydrogens is 280 g/mol. The predicted octanol–water partition coefficient (Wildman–Crippen LogP) is 4.00. The average Bonchev–Trinajstić information content (AvgIpc) is 2.97. The zero-order chi connectivity index (χ0) is 14.3. The number of aryl methyl sites for hydroxylation is 1. The van der Waals surface area contributed by atoms with E-state index >= 15 is 0 Å². The summed E-state index contributed by atoms with van der Waals surface area (Å²) in [5.74, 6) is 1.61. The van der Waals surface area contributed by atoms with E-state index in [1.807, 2.05) is 24.3 Å². The number of nitrogens with zero attached hydrogens (tertiary/aromatic N) is 2. The minimum atomic E-state index is 0.650. The van der Waals surface area contributed by atoms with Gasteiger partial charge in [0.2, 0.25) is 5.89 Å². The monoisotopic (exact) mass is 296 g/mol. The molecular formula is C17H16N2OS. The van der Waals surface area contributed by atoms with Crippen LogP contribution >= 0.6 is 11.8 Å². The Morgan fingerprint density at radius 1 is 0.810 bits per heavy atom. The van der Waals surface area contributed by atoms with Crippen LogP contribution in [-0.2, 0) is 12.8 Å². The highest BCUT2D eigenvalue weighted by atomic mass is 32.2. The second-order valence-corrected chi connectivity index (χ2v) is 5.75. The van der Waals surface area contributed by atoms with Crippen molar-refractivity contribution in [3.8, 4) is 0 Å². The molecule has 0 saturated heterocycles. The highest BCUT2D eigenvalue weighted by Crippen LogP contribution is 2.19. The molecule has 4 heteroatoms. The molecule has 0 aliphatic heterocycles. The molecule has 106 valence electrons. The molecule has 0 N–H and O–H groups in total. The number of aromatic nitrogens is 2. The van der Waals surface area contributed by atoms with Gasteiger partial charge in [0, 0.05) is 5.75 Å². The first kappa shape index (κ1) is 13.9. The van der Waals surface area contributed by atoms with E-state index in [1.54, 1.807) is 11.8 Å². The molecule has 0 saturated carbocycles. The molecule has 0 bridgehead atoms. The lowest BCUT2D eigenvalue weighted by atomic mass is 10.2. The molecule has 0 aliphatic rings. The molecule has 2 aromatic carbocycles. The van der Waals surface area contributed by atoms with E-state index in [1.165, 1.54) is 11.1 Å². The lowest BCUT2D eigenvalue weighted by Gasteiger charge is -1.98. The summed E-state index contributed by atoms with van der Waals surface area (Å²) >= 11 is 1.61. The van der Waals surface area contributed by atoms with Crippen LogP contribution in [0.3, 0.4) is 0 Å². The number of hydrogen-bond acceptors (Lipinski definition) is 4. The molecule has 0 radical (unpaired) electrons. The van der Waals surface area contributed by atoms with Crippen LogP contribution in [0.25, 0.3) is 0 Å². The number of hydrogen-bond donors (Lipinski definition) is 0. The maximum Gasteiger partial charge on any atom is 0.276 e. The van der Waals surface area contributed by atoms with E-state index in [9.17, 15) is 0 Å². The summed E-state index contributed by atoms with van der Waals surface area (Å²) in [6.07, 6.45) is 1.69. The van der Waals surface area contributed by atoms with E-state index in [0.717, 1.165) is 12.2 Å². The smallest absolute Gasteiger partial charge is 0.276 e. The van der Waals surface area contributed by atoms with Gasteiger partial charge in [-0.05, 0) is 17.5 Å². The Hall–Kier alpha value is -2.07. The lowest BCUT2D eigenvalue weighted by molar-refractivity contribution is 0.420. The van der Waals surface area contributed by atoms with Gasteiger partial charge < -0.3 is 4.42 Å². The van der Waals surface area contributed by atoms with Gasteiger partial charge >= 0.3 is 0 Å². The Bertz CT molecular complexity index is 668. The molecule has 0 atom stereocenters. The number of benzene rings is 2. The Kier molecular flexibility index (Phi) is 4.69. The van der Waals surface area contributed by atoms with Gasteiger partial charge in [0.15, 0.2) is 0 Å². The van der Waals surface area contributed by atoms with Crippen molar-refractivity contribution in [2.24, 2.45) is 0 Å². The standard InChI is InChI=1S/C17H16N2OS/c1-3-7-14(8-4-1)11-12-21-17-19-18-16(20-17)13-15-9-5-2-6-10-15/h1-10H,11-13H2. The molecule has 0 aliphatic carbocycles. The van der Waals surface area contributed by atoms with Crippen molar-refractivity contribution in [1.29, 1.82) is 0 Å². The normalized spacial score (nSPS) is 10.7. The van der Waals surface area contributed by atoms with Gasteiger partial charge in [-0.3, -0.25) is 0 Å². The van der Waals surface area contributed by atoms with Crippen LogP contribution < -0.4 is 0 Å². The molecule has 3 aromatic rings. The van der Waals surface area contributed by atoms with Gasteiger partial charge in [-0.25, -0.2) is 0 Å². The van der Waals surface area contributed by atoms with Crippen molar-refractivity contribution in [1.82, 2.24) is 10.2 Å². The summed E-state index contributed by atoms with van der Waals surface area (Å²) in [4.78, 5) is 0. The van der Waals surface area contributed by atoms with Gasteiger partial charge in [-0.1, -0.05) is 72.4 Å². The van der Waals surface area contributed by atoms with Crippen molar-refractivity contribution in [3.05, 3.63) is 77.7 Å². The summed E-state index contributed by atoms with van der Waals surface area (Å²) in [6.45, 7) is 0. The average molecular weight is 296 g/mol. The van der Waals surface area contributed by atoms with Gasteiger partial charge in [-0.2, -0.15) is 0 Å². The Balaban J connectivity index is 1.51. The summed E-state index contributed by atoms with van der Waals surface area (Å²) in [5.41, 5.74) is 2.51. The van der Waals surface area contributed by atoms with Crippen LogP contribution in [0.4, 0.5) is 0 Å². The van der Waals surface area contributed by atoms with E-state index in [2.05, 4.69) is 46.6 Å². The van der Waals surface area contributed by atoms with Crippen molar-refractivity contribution in [2.75, 3.05) is 5.75 Å². The number of thioether (sulfide) groups is 1. The fraction of sp³-hybridized carbons (Fsp3) is 0.176. The quantitative estimate of drug-likeness (QED) is 0.645. The van der Waals surface area contributed by atoms with E-state index < -0.39 is 0 Å². The fourth-order valence-electron chi connectivity index (χ4n) is 2.04. The molecule has 1 aromatic heterocycles. The minimum Gasteiger partial charge on any atom is -0.416 e. The van der Waals surface area contributed by atoms with Crippen LogP contribution in [-0.4, -0.2) is 16.0 Å². The van der Waals surface area contributed by atoms with Gasteiger partial charge in [0.05, 0.1) is 6.42 Å². The molecule has 0 fully saturated rings. The predicted molar refractivity (Wildman–Crippen MR) is 84.4 cm³/mol. The molecule has 0 spiro atoms. The van der Waals surface area contributed by atoms with Gasteiger partial charge in [-0.15, -0.1) is 10.2 Å². The minimum absolute atomic E-state index is 0.650. The Labute approximate surface area is 128 Å². The number of rotatable bonds is 6. The molecule has 0 amide bonds. The highest BCUT2D eigenvalue weighted by Gasteiger charge is 2.07. The molecule has 3 rings (SSSR count). The van der Waals surface area contributed by atoms with Crippen molar-refractivity contribution >= 4 is 11.8 Å².